The first-order valence-corrected chi connectivity index (χ1v) is 12.5. The summed E-state index contributed by atoms with van der Waals surface area (Å²) in [5.41, 5.74) is 4.85. The van der Waals surface area contributed by atoms with Crippen LogP contribution in [0.3, 0.4) is 0 Å². The van der Waals surface area contributed by atoms with E-state index in [9.17, 15) is 13.2 Å². The van der Waals surface area contributed by atoms with Crippen LogP contribution in [-0.4, -0.2) is 51.3 Å². The molecule has 34 heavy (non-hydrogen) atoms. The second-order valence-corrected chi connectivity index (χ2v) is 10.4. The fraction of sp³-hybridized carbons (Fsp3) is 0.333. The van der Waals surface area contributed by atoms with Gasteiger partial charge >= 0.3 is 0 Å². The Morgan fingerprint density at radius 3 is 2.21 bits per heavy atom. The number of carbonyl (C=O) groups excluding carboxylic acids is 1. The Morgan fingerprint density at radius 2 is 1.68 bits per heavy atom. The highest BCUT2D eigenvalue weighted by molar-refractivity contribution is 7.92. The maximum Gasteiger partial charge on any atom is 0.238 e. The highest BCUT2D eigenvalue weighted by atomic mass is 32.2. The van der Waals surface area contributed by atoms with Crippen LogP contribution < -0.4 is 14.8 Å². The van der Waals surface area contributed by atoms with Gasteiger partial charge in [-0.25, -0.2) is 8.42 Å². The number of carbonyl (C=O) groups is 1. The number of anilines is 2. The molecule has 0 atom stereocenters. The Morgan fingerprint density at radius 1 is 1.03 bits per heavy atom. The van der Waals surface area contributed by atoms with Crippen LogP contribution in [0, 0.1) is 27.7 Å². The number of amides is 1. The maximum atomic E-state index is 12.1. The van der Waals surface area contributed by atoms with E-state index in [1.165, 1.54) is 0 Å². The van der Waals surface area contributed by atoms with Crippen LogP contribution in [0.25, 0.3) is 11.1 Å². The minimum atomic E-state index is -3.50. The zero-order valence-corrected chi connectivity index (χ0v) is 21.3. The van der Waals surface area contributed by atoms with Gasteiger partial charge in [-0.3, -0.25) is 9.52 Å². The molecule has 1 heterocycles. The van der Waals surface area contributed by atoms with Crippen molar-refractivity contribution >= 4 is 27.3 Å². The number of sulfonamides is 1. The lowest BCUT2D eigenvalue weighted by atomic mass is 10.0. The molecule has 0 fully saturated rings. The fourth-order valence-corrected chi connectivity index (χ4v) is 4.31. The van der Waals surface area contributed by atoms with Gasteiger partial charge in [-0.15, -0.1) is 0 Å². The second kappa shape index (κ2) is 9.86. The molecule has 0 unspecified atom stereocenters. The van der Waals surface area contributed by atoms with Crippen LogP contribution in [-0.2, 0) is 14.8 Å². The Balaban J connectivity index is 1.99. The normalized spacial score (nSPS) is 11.5. The van der Waals surface area contributed by atoms with E-state index in [0.29, 0.717) is 39.9 Å². The van der Waals surface area contributed by atoms with Gasteiger partial charge in [0.25, 0.3) is 0 Å². The summed E-state index contributed by atoms with van der Waals surface area (Å²) >= 11 is 0. The lowest BCUT2D eigenvalue weighted by Gasteiger charge is -2.17. The number of aryl methyl sites for hydroxylation is 4. The molecule has 182 valence electrons. The van der Waals surface area contributed by atoms with Crippen molar-refractivity contribution in [1.82, 2.24) is 10.1 Å². The topological polar surface area (TPSA) is 114 Å². The molecule has 0 aliphatic rings. The lowest BCUT2D eigenvalue weighted by molar-refractivity contribution is -0.116. The number of likely N-dealkylation sites (N-methyl/N-ethyl adjacent to an activating group) is 1. The summed E-state index contributed by atoms with van der Waals surface area (Å²) in [7, 11) is 0.157. The molecule has 3 aromatic rings. The van der Waals surface area contributed by atoms with Crippen LogP contribution in [0.4, 0.5) is 11.4 Å². The fourth-order valence-electron chi connectivity index (χ4n) is 3.76. The monoisotopic (exact) mass is 486 g/mol. The summed E-state index contributed by atoms with van der Waals surface area (Å²) in [5.74, 6) is 1.57. The van der Waals surface area contributed by atoms with E-state index in [1.54, 1.807) is 24.0 Å². The average Bonchev–Trinajstić information content (AvgIpc) is 3.00. The molecule has 0 saturated carbocycles. The summed E-state index contributed by atoms with van der Waals surface area (Å²) < 4.78 is 37.8. The predicted molar refractivity (Wildman–Crippen MR) is 133 cm³/mol. The lowest BCUT2D eigenvalue weighted by Crippen LogP contribution is -2.27. The number of rotatable bonds is 8. The van der Waals surface area contributed by atoms with Gasteiger partial charge in [0, 0.05) is 17.3 Å². The van der Waals surface area contributed by atoms with E-state index in [2.05, 4.69) is 15.2 Å². The molecule has 2 N–H and O–H groups in total. The number of nitrogens with one attached hydrogen (secondary N) is 2. The van der Waals surface area contributed by atoms with E-state index < -0.39 is 10.0 Å². The van der Waals surface area contributed by atoms with Crippen molar-refractivity contribution in [2.75, 3.05) is 36.9 Å². The smallest absolute Gasteiger partial charge is 0.238 e. The van der Waals surface area contributed by atoms with E-state index in [1.807, 2.05) is 53.1 Å². The molecule has 0 radical (unpaired) electrons. The molecular formula is C24H30N4O5S. The molecule has 3 rings (SSSR count). The molecule has 1 amide bonds. The minimum absolute atomic E-state index is 0.110. The van der Waals surface area contributed by atoms with Crippen molar-refractivity contribution in [2.45, 2.75) is 27.7 Å². The maximum absolute atomic E-state index is 12.1. The van der Waals surface area contributed by atoms with Crippen LogP contribution in [0.2, 0.25) is 0 Å². The van der Waals surface area contributed by atoms with Gasteiger partial charge < -0.3 is 19.5 Å². The number of nitrogens with zero attached hydrogens (tertiary/aromatic N) is 2. The zero-order chi connectivity index (χ0) is 25.2. The SMILES string of the molecule is Cc1cc(NC(=O)CN(C)C)cc(C)c1Oc1cc(NS(C)(=O)=O)cc(-c2c(C)noc2C)c1. The first-order chi connectivity index (χ1) is 15.8. The van der Waals surface area contributed by atoms with Gasteiger partial charge in [0.15, 0.2) is 0 Å². The standard InChI is InChI=1S/C24H30N4O5S/c1-14-8-19(25-22(29)13-28(5)6)9-15(2)24(14)32-21-11-18(23-16(3)26-33-17(23)4)10-20(12-21)27-34(7,30)31/h8-12,27H,13H2,1-7H3,(H,25,29). The first-order valence-electron chi connectivity index (χ1n) is 10.6. The van der Waals surface area contributed by atoms with Crippen LogP contribution in [0.5, 0.6) is 11.5 Å². The average molecular weight is 487 g/mol. The highest BCUT2D eigenvalue weighted by Gasteiger charge is 2.17. The van der Waals surface area contributed by atoms with E-state index in [4.69, 9.17) is 9.26 Å². The second-order valence-electron chi connectivity index (χ2n) is 8.65. The summed E-state index contributed by atoms with van der Waals surface area (Å²) in [6.07, 6.45) is 1.09. The highest BCUT2D eigenvalue weighted by Crippen LogP contribution is 2.37. The number of ether oxygens (including phenoxy) is 1. The molecule has 1 aromatic heterocycles. The van der Waals surface area contributed by atoms with Crippen LogP contribution >= 0.6 is 0 Å². The van der Waals surface area contributed by atoms with Crippen molar-refractivity contribution in [3.63, 3.8) is 0 Å². The Labute approximate surface area is 200 Å². The van der Waals surface area contributed by atoms with Crippen molar-refractivity contribution in [1.29, 1.82) is 0 Å². The third kappa shape index (κ3) is 6.36. The molecule has 2 aromatic carbocycles. The molecule has 0 aliphatic carbocycles. The van der Waals surface area contributed by atoms with Crippen molar-refractivity contribution in [3.8, 4) is 22.6 Å². The number of hydrogen-bond acceptors (Lipinski definition) is 7. The van der Waals surface area contributed by atoms with Crippen molar-refractivity contribution in [2.24, 2.45) is 0 Å². The summed E-state index contributed by atoms with van der Waals surface area (Å²) in [4.78, 5) is 13.9. The number of benzene rings is 2. The quantitative estimate of drug-likeness (QED) is 0.489. The summed E-state index contributed by atoms with van der Waals surface area (Å²) in [6.45, 7) is 7.67. The summed E-state index contributed by atoms with van der Waals surface area (Å²) in [5, 5.41) is 6.89. The predicted octanol–water partition coefficient (Wildman–Crippen LogP) is 4.24. The van der Waals surface area contributed by atoms with Gasteiger partial charge in [0.2, 0.25) is 15.9 Å². The minimum Gasteiger partial charge on any atom is -0.457 e. The molecule has 9 nitrogen and oxygen atoms in total. The van der Waals surface area contributed by atoms with Crippen LogP contribution in [0.1, 0.15) is 22.6 Å². The molecular weight excluding hydrogens is 456 g/mol. The van der Waals surface area contributed by atoms with Gasteiger partial charge in [-0.05, 0) is 82.7 Å². The molecule has 0 saturated heterocycles. The van der Waals surface area contributed by atoms with Crippen molar-refractivity contribution < 1.29 is 22.5 Å². The van der Waals surface area contributed by atoms with Crippen molar-refractivity contribution in [3.05, 3.63) is 52.9 Å². The van der Waals surface area contributed by atoms with E-state index in [0.717, 1.165) is 22.9 Å². The Hall–Kier alpha value is -3.37. The van der Waals surface area contributed by atoms with Gasteiger partial charge in [0.05, 0.1) is 24.2 Å². The van der Waals surface area contributed by atoms with Gasteiger partial charge in [-0.2, -0.15) is 0 Å². The van der Waals surface area contributed by atoms with E-state index >= 15 is 0 Å². The number of hydrogen-bond donors (Lipinski definition) is 2. The first kappa shape index (κ1) is 25.3. The number of aromatic nitrogens is 1. The molecule has 10 heteroatoms. The summed E-state index contributed by atoms with van der Waals surface area (Å²) in [6, 6.07) is 8.82. The van der Waals surface area contributed by atoms with E-state index in [-0.39, 0.29) is 12.5 Å². The largest absolute Gasteiger partial charge is 0.457 e. The molecule has 0 bridgehead atoms. The molecule has 0 spiro atoms. The van der Waals surface area contributed by atoms with Gasteiger partial charge in [0.1, 0.15) is 17.3 Å². The Kier molecular flexibility index (Phi) is 7.32. The third-order valence-corrected chi connectivity index (χ3v) is 5.56. The molecule has 0 aliphatic heterocycles. The third-order valence-electron chi connectivity index (χ3n) is 4.96. The van der Waals surface area contributed by atoms with Gasteiger partial charge in [-0.1, -0.05) is 5.16 Å². The Bertz CT molecular complexity index is 1290. The van der Waals surface area contributed by atoms with Crippen LogP contribution in [0.15, 0.2) is 34.9 Å². The zero-order valence-electron chi connectivity index (χ0n) is 20.4.